The second-order valence-corrected chi connectivity index (χ2v) is 9.03. The Balaban J connectivity index is 1.49. The Kier molecular flexibility index (Phi) is 6.05. The molecule has 0 bridgehead atoms. The number of pyridine rings is 1. The van der Waals surface area contributed by atoms with Crippen molar-refractivity contribution in [2.45, 2.75) is 16.5 Å². The fourth-order valence-electron chi connectivity index (χ4n) is 3.63. The summed E-state index contributed by atoms with van der Waals surface area (Å²) >= 11 is 0. The van der Waals surface area contributed by atoms with Gasteiger partial charge in [0.15, 0.2) is 0 Å². The molecule has 3 aromatic carbocycles. The number of halogens is 1. The fourth-order valence-corrected chi connectivity index (χ4v) is 4.67. The molecule has 0 saturated carbocycles. The predicted molar refractivity (Wildman–Crippen MR) is 130 cm³/mol. The van der Waals surface area contributed by atoms with Crippen LogP contribution < -0.4 is 10.1 Å². The molecule has 0 fully saturated rings. The molecule has 0 saturated heterocycles. The highest BCUT2D eigenvalue weighted by atomic mass is 32.2. The molecule has 0 aliphatic rings. The van der Waals surface area contributed by atoms with E-state index in [4.69, 9.17) is 4.74 Å². The standard InChI is InChI=1S/C26H21FN4O2S/c1-33-21-10-6-18(7-11-21)17-31-24(14-15-28-31)29-26-23-5-3-2-4-19(23)16-25(30-26)34(32)22-12-8-20(27)9-13-22/h2-16H,17H2,1H3,(H,29,30). The summed E-state index contributed by atoms with van der Waals surface area (Å²) in [6, 6.07) is 24.8. The van der Waals surface area contributed by atoms with Gasteiger partial charge in [-0.3, -0.25) is 0 Å². The monoisotopic (exact) mass is 472 g/mol. The van der Waals surface area contributed by atoms with Gasteiger partial charge in [0.05, 0.1) is 19.9 Å². The number of hydrogen-bond donors (Lipinski definition) is 1. The first-order valence-corrected chi connectivity index (χ1v) is 11.7. The Morgan fingerprint density at radius 3 is 2.53 bits per heavy atom. The van der Waals surface area contributed by atoms with E-state index in [1.807, 2.05) is 59.3 Å². The first-order valence-electron chi connectivity index (χ1n) is 10.6. The SMILES string of the molecule is COc1ccc(Cn2nccc2Nc2nc(S(=O)c3ccc(F)cc3)cc3ccccc23)cc1. The normalized spacial score (nSPS) is 11.9. The molecule has 0 amide bonds. The lowest BCUT2D eigenvalue weighted by molar-refractivity contribution is 0.414. The van der Waals surface area contributed by atoms with E-state index in [-0.39, 0.29) is 5.82 Å². The van der Waals surface area contributed by atoms with Crippen LogP contribution in [0.15, 0.2) is 101 Å². The summed E-state index contributed by atoms with van der Waals surface area (Å²) < 4.78 is 33.6. The average molecular weight is 473 g/mol. The number of aromatic nitrogens is 3. The van der Waals surface area contributed by atoms with Crippen LogP contribution in [0.2, 0.25) is 0 Å². The zero-order valence-electron chi connectivity index (χ0n) is 18.3. The van der Waals surface area contributed by atoms with E-state index in [9.17, 15) is 8.60 Å². The van der Waals surface area contributed by atoms with Gasteiger partial charge in [-0.25, -0.2) is 18.3 Å². The van der Waals surface area contributed by atoms with Crippen LogP contribution in [-0.4, -0.2) is 26.1 Å². The summed E-state index contributed by atoms with van der Waals surface area (Å²) in [5, 5.41) is 9.97. The van der Waals surface area contributed by atoms with Gasteiger partial charge in [-0.2, -0.15) is 5.10 Å². The van der Waals surface area contributed by atoms with Crippen molar-refractivity contribution in [3.8, 4) is 5.75 Å². The Morgan fingerprint density at radius 1 is 1.00 bits per heavy atom. The number of ether oxygens (including phenoxy) is 1. The van der Waals surface area contributed by atoms with Crippen molar-refractivity contribution < 1.29 is 13.3 Å². The maximum atomic E-state index is 13.3. The Morgan fingerprint density at radius 2 is 1.76 bits per heavy atom. The third-order valence-corrected chi connectivity index (χ3v) is 6.68. The first-order chi connectivity index (χ1) is 16.6. The summed E-state index contributed by atoms with van der Waals surface area (Å²) in [4.78, 5) is 5.17. The van der Waals surface area contributed by atoms with Crippen molar-refractivity contribution in [1.29, 1.82) is 0 Å². The van der Waals surface area contributed by atoms with Gasteiger partial charge in [0.1, 0.15) is 39.0 Å². The van der Waals surface area contributed by atoms with Gasteiger partial charge >= 0.3 is 0 Å². The molecule has 0 radical (unpaired) electrons. The smallest absolute Gasteiger partial charge is 0.140 e. The van der Waals surface area contributed by atoms with Crippen molar-refractivity contribution in [3.63, 3.8) is 0 Å². The highest BCUT2D eigenvalue weighted by Gasteiger charge is 2.15. The quantitative estimate of drug-likeness (QED) is 0.337. The highest BCUT2D eigenvalue weighted by Crippen LogP contribution is 2.28. The van der Waals surface area contributed by atoms with E-state index in [1.165, 1.54) is 24.3 Å². The first kappa shape index (κ1) is 21.8. The van der Waals surface area contributed by atoms with Crippen molar-refractivity contribution in [2.75, 3.05) is 12.4 Å². The fraction of sp³-hybridized carbons (Fsp3) is 0.0769. The lowest BCUT2D eigenvalue weighted by atomic mass is 10.1. The molecular formula is C26H21FN4O2S. The van der Waals surface area contributed by atoms with Crippen molar-refractivity contribution >= 4 is 33.2 Å². The minimum atomic E-state index is -1.56. The molecule has 8 heteroatoms. The zero-order chi connectivity index (χ0) is 23.5. The number of nitrogens with one attached hydrogen (secondary N) is 1. The van der Waals surface area contributed by atoms with Crippen molar-refractivity contribution in [2.24, 2.45) is 0 Å². The molecule has 5 rings (SSSR count). The molecule has 6 nitrogen and oxygen atoms in total. The van der Waals surface area contributed by atoms with Crippen LogP contribution in [0.5, 0.6) is 5.75 Å². The number of rotatable bonds is 7. The number of benzene rings is 3. The van der Waals surface area contributed by atoms with E-state index >= 15 is 0 Å². The van der Waals surface area contributed by atoms with Gasteiger partial charge in [-0.05, 0) is 53.4 Å². The van der Waals surface area contributed by atoms with Gasteiger partial charge in [-0.15, -0.1) is 0 Å². The molecule has 2 heterocycles. The summed E-state index contributed by atoms with van der Waals surface area (Å²) in [5.74, 6) is 1.74. The minimum Gasteiger partial charge on any atom is -0.497 e. The van der Waals surface area contributed by atoms with Crippen molar-refractivity contribution in [1.82, 2.24) is 14.8 Å². The zero-order valence-corrected chi connectivity index (χ0v) is 19.1. The molecule has 1 N–H and O–H groups in total. The van der Waals surface area contributed by atoms with E-state index in [0.29, 0.717) is 22.3 Å². The second-order valence-electron chi connectivity index (χ2n) is 7.60. The molecule has 170 valence electrons. The van der Waals surface area contributed by atoms with Crippen molar-refractivity contribution in [3.05, 3.63) is 103 Å². The van der Waals surface area contributed by atoms with Gasteiger partial charge < -0.3 is 10.1 Å². The van der Waals surface area contributed by atoms with Gasteiger partial charge in [0.25, 0.3) is 0 Å². The van der Waals surface area contributed by atoms with Gasteiger partial charge in [0.2, 0.25) is 0 Å². The Bertz CT molecular complexity index is 1470. The number of methoxy groups -OCH3 is 1. The van der Waals surface area contributed by atoms with Crippen LogP contribution in [-0.2, 0) is 17.3 Å². The number of fused-ring (bicyclic) bond motifs is 1. The van der Waals surface area contributed by atoms with Gasteiger partial charge in [-0.1, -0.05) is 36.4 Å². The lowest BCUT2D eigenvalue weighted by Gasteiger charge is -2.13. The maximum Gasteiger partial charge on any atom is 0.140 e. The van der Waals surface area contributed by atoms with Crippen LogP contribution in [0, 0.1) is 5.82 Å². The molecule has 0 aliphatic carbocycles. The molecule has 0 aliphatic heterocycles. The summed E-state index contributed by atoms with van der Waals surface area (Å²) in [7, 11) is 0.0760. The van der Waals surface area contributed by atoms with Gasteiger partial charge in [0, 0.05) is 16.3 Å². The summed E-state index contributed by atoms with van der Waals surface area (Å²) in [5.41, 5.74) is 1.07. The summed E-state index contributed by atoms with van der Waals surface area (Å²) in [6.45, 7) is 0.554. The van der Waals surface area contributed by atoms with Crippen LogP contribution in [0.3, 0.4) is 0 Å². The molecule has 34 heavy (non-hydrogen) atoms. The van der Waals surface area contributed by atoms with Crippen LogP contribution >= 0.6 is 0 Å². The Labute approximate surface area is 198 Å². The molecule has 0 spiro atoms. The van der Waals surface area contributed by atoms with E-state index in [1.54, 1.807) is 19.4 Å². The predicted octanol–water partition coefficient (Wildman–Crippen LogP) is 5.54. The highest BCUT2D eigenvalue weighted by molar-refractivity contribution is 7.85. The van der Waals surface area contributed by atoms with E-state index in [0.717, 1.165) is 27.9 Å². The third-order valence-electron chi connectivity index (χ3n) is 5.39. The Hall–Kier alpha value is -4.04. The molecule has 1 atom stereocenters. The maximum absolute atomic E-state index is 13.3. The lowest BCUT2D eigenvalue weighted by Crippen LogP contribution is -2.08. The molecule has 2 aromatic heterocycles. The van der Waals surface area contributed by atoms with Crippen LogP contribution in [0.1, 0.15) is 5.56 Å². The minimum absolute atomic E-state index is 0.375. The van der Waals surface area contributed by atoms with Crippen LogP contribution in [0.4, 0.5) is 16.0 Å². The van der Waals surface area contributed by atoms with Crippen LogP contribution in [0.25, 0.3) is 10.8 Å². The van der Waals surface area contributed by atoms with E-state index < -0.39 is 10.8 Å². The molecule has 5 aromatic rings. The van der Waals surface area contributed by atoms with E-state index in [2.05, 4.69) is 15.4 Å². The number of nitrogens with zero attached hydrogens (tertiary/aromatic N) is 3. The topological polar surface area (TPSA) is 69.0 Å². The third kappa shape index (κ3) is 4.53. The average Bonchev–Trinajstić information content (AvgIpc) is 3.30. The molecular weight excluding hydrogens is 451 g/mol. The second kappa shape index (κ2) is 9.44. The number of hydrogen-bond acceptors (Lipinski definition) is 5. The number of anilines is 2. The largest absolute Gasteiger partial charge is 0.497 e. The summed E-state index contributed by atoms with van der Waals surface area (Å²) in [6.07, 6.45) is 1.72. The molecule has 1 unspecified atom stereocenters.